The van der Waals surface area contributed by atoms with Crippen LogP contribution in [0.1, 0.15) is 12.6 Å². The Labute approximate surface area is 52.9 Å². The van der Waals surface area contributed by atoms with Crippen LogP contribution in [-0.4, -0.2) is 10.2 Å². The van der Waals surface area contributed by atoms with Crippen molar-refractivity contribution in [1.29, 1.82) is 0 Å². The van der Waals surface area contributed by atoms with Gasteiger partial charge in [-0.2, -0.15) is 5.10 Å². The fraction of sp³-hybridized carbons (Fsp3) is 0.200. The van der Waals surface area contributed by atoms with Crippen molar-refractivity contribution >= 4 is 11.6 Å². The Morgan fingerprint density at radius 1 is 1.88 bits per heavy atom. The van der Waals surface area contributed by atoms with Gasteiger partial charge in [-0.3, -0.25) is 5.10 Å². The molecule has 0 amide bonds. The zero-order valence-corrected chi connectivity index (χ0v) is 5.24. The Kier molecular flexibility index (Phi) is 1.53. The monoisotopic (exact) mass is 129 g/mol. The molecule has 1 aromatic heterocycles. The minimum atomic E-state index is 0.512. The lowest BCUT2D eigenvalue weighted by atomic mass is 10.4. The van der Waals surface area contributed by atoms with E-state index in [0.717, 1.165) is 5.69 Å². The average Bonchev–Trinajstić information content (AvgIpc) is 2.14. The minimum Gasteiger partial charge on any atom is -0.281 e. The van der Waals surface area contributed by atoms with Crippen LogP contribution in [0.25, 0.3) is 0 Å². The van der Waals surface area contributed by atoms with Crippen molar-refractivity contribution < 1.29 is 0 Å². The summed E-state index contributed by atoms with van der Waals surface area (Å²) in [5.41, 5.74) is 0.954. The highest BCUT2D eigenvalue weighted by Crippen LogP contribution is 2.05. The summed E-state index contributed by atoms with van der Waals surface area (Å²) in [7, 11) is 0. The summed E-state index contributed by atoms with van der Waals surface area (Å²) in [6.45, 7) is 1.92. The first kappa shape index (κ1) is 5.63. The Bertz CT molecular complexity index is 171. The molecule has 0 fully saturated rings. The fourth-order valence-electron chi connectivity index (χ4n) is 0.459. The maximum absolute atomic E-state index is 5.48. The molecule has 1 rings (SSSR count). The first-order valence-corrected chi connectivity index (χ1v) is 2.71. The van der Waals surface area contributed by atoms with E-state index in [2.05, 4.69) is 10.2 Å². The SMILES string of the molecule is C[CH]c1cc(Cl)n[nH]1. The van der Waals surface area contributed by atoms with Gasteiger partial charge < -0.3 is 0 Å². The van der Waals surface area contributed by atoms with E-state index in [9.17, 15) is 0 Å². The highest BCUT2D eigenvalue weighted by molar-refractivity contribution is 6.29. The predicted molar refractivity (Wildman–Crippen MR) is 32.7 cm³/mol. The second-order valence-electron chi connectivity index (χ2n) is 1.43. The first-order valence-electron chi connectivity index (χ1n) is 2.33. The van der Waals surface area contributed by atoms with Gasteiger partial charge in [-0.15, -0.1) is 0 Å². The van der Waals surface area contributed by atoms with Crippen LogP contribution in [0, 0.1) is 6.42 Å². The zero-order chi connectivity index (χ0) is 5.98. The molecule has 0 aromatic carbocycles. The van der Waals surface area contributed by atoms with Crippen LogP contribution in [0.2, 0.25) is 5.15 Å². The van der Waals surface area contributed by atoms with Gasteiger partial charge in [0.25, 0.3) is 0 Å². The molecule has 8 heavy (non-hydrogen) atoms. The average molecular weight is 130 g/mol. The van der Waals surface area contributed by atoms with Crippen molar-refractivity contribution in [2.75, 3.05) is 0 Å². The Morgan fingerprint density at radius 2 is 2.62 bits per heavy atom. The molecule has 0 unspecified atom stereocenters. The molecule has 1 aromatic rings. The minimum absolute atomic E-state index is 0.512. The van der Waals surface area contributed by atoms with E-state index in [1.165, 1.54) is 0 Å². The van der Waals surface area contributed by atoms with Gasteiger partial charge in [-0.1, -0.05) is 18.5 Å². The summed E-state index contributed by atoms with van der Waals surface area (Å²) in [5, 5.41) is 6.93. The maximum atomic E-state index is 5.48. The van der Waals surface area contributed by atoms with Gasteiger partial charge in [0.1, 0.15) is 0 Å². The lowest BCUT2D eigenvalue weighted by molar-refractivity contribution is 1.05. The normalized spacial score (nSPS) is 9.75. The van der Waals surface area contributed by atoms with Crippen LogP contribution in [0.3, 0.4) is 0 Å². The molecular weight excluding hydrogens is 124 g/mol. The summed E-state index contributed by atoms with van der Waals surface area (Å²) in [6.07, 6.45) is 1.90. The largest absolute Gasteiger partial charge is 0.281 e. The molecule has 1 radical (unpaired) electrons. The zero-order valence-electron chi connectivity index (χ0n) is 4.48. The molecule has 0 aliphatic carbocycles. The molecule has 0 aliphatic rings. The molecule has 0 aliphatic heterocycles. The van der Waals surface area contributed by atoms with Crippen molar-refractivity contribution in [2.45, 2.75) is 6.92 Å². The molecular formula is C5H6ClN2. The molecule has 43 valence electrons. The van der Waals surface area contributed by atoms with E-state index < -0.39 is 0 Å². The topological polar surface area (TPSA) is 28.7 Å². The number of rotatable bonds is 1. The van der Waals surface area contributed by atoms with E-state index in [-0.39, 0.29) is 0 Å². The van der Waals surface area contributed by atoms with E-state index >= 15 is 0 Å². The van der Waals surface area contributed by atoms with Crippen molar-refractivity contribution in [3.63, 3.8) is 0 Å². The van der Waals surface area contributed by atoms with Crippen molar-refractivity contribution in [3.8, 4) is 0 Å². The van der Waals surface area contributed by atoms with Crippen molar-refractivity contribution in [3.05, 3.63) is 23.3 Å². The Morgan fingerprint density at radius 3 is 2.88 bits per heavy atom. The summed E-state index contributed by atoms with van der Waals surface area (Å²) >= 11 is 5.48. The smallest absolute Gasteiger partial charge is 0.151 e. The van der Waals surface area contributed by atoms with Crippen LogP contribution in [0.5, 0.6) is 0 Å². The summed E-state index contributed by atoms with van der Waals surface area (Å²) in [4.78, 5) is 0. The molecule has 0 saturated carbocycles. The molecule has 2 nitrogen and oxygen atoms in total. The van der Waals surface area contributed by atoms with Gasteiger partial charge in [0.2, 0.25) is 0 Å². The summed E-state index contributed by atoms with van der Waals surface area (Å²) < 4.78 is 0. The predicted octanol–water partition coefficient (Wildman–Crippen LogP) is 1.64. The molecule has 0 atom stereocenters. The van der Waals surface area contributed by atoms with E-state index in [1.54, 1.807) is 6.07 Å². The second-order valence-corrected chi connectivity index (χ2v) is 1.82. The van der Waals surface area contributed by atoms with Gasteiger partial charge >= 0.3 is 0 Å². The molecule has 0 bridgehead atoms. The molecule has 0 spiro atoms. The number of nitrogens with zero attached hydrogens (tertiary/aromatic N) is 1. The first-order chi connectivity index (χ1) is 3.83. The van der Waals surface area contributed by atoms with Crippen molar-refractivity contribution in [2.24, 2.45) is 0 Å². The molecule has 1 heterocycles. The third kappa shape index (κ3) is 1.01. The third-order valence-electron chi connectivity index (χ3n) is 0.877. The maximum Gasteiger partial charge on any atom is 0.151 e. The van der Waals surface area contributed by atoms with Crippen LogP contribution in [-0.2, 0) is 0 Å². The summed E-state index contributed by atoms with van der Waals surface area (Å²) in [5.74, 6) is 0. The number of hydrogen-bond acceptors (Lipinski definition) is 1. The second kappa shape index (κ2) is 2.18. The Hall–Kier alpha value is -0.500. The highest BCUT2D eigenvalue weighted by Gasteiger charge is 1.92. The van der Waals surface area contributed by atoms with Crippen LogP contribution in [0.4, 0.5) is 0 Å². The molecule has 1 N–H and O–H groups in total. The third-order valence-corrected chi connectivity index (χ3v) is 1.07. The standard InChI is InChI=1S/C5H6ClN2/c1-2-4-3-5(6)8-7-4/h2-3H,1H3,(H,7,8). The van der Waals surface area contributed by atoms with Gasteiger partial charge in [0.05, 0.1) is 0 Å². The van der Waals surface area contributed by atoms with Gasteiger partial charge in [-0.05, 0) is 6.07 Å². The van der Waals surface area contributed by atoms with Crippen LogP contribution >= 0.6 is 11.6 Å². The Balaban J connectivity index is 2.84. The van der Waals surface area contributed by atoms with Crippen LogP contribution < -0.4 is 0 Å². The van der Waals surface area contributed by atoms with Gasteiger partial charge in [-0.25, -0.2) is 0 Å². The number of nitrogens with one attached hydrogen (secondary N) is 1. The molecule has 3 heteroatoms. The fourth-order valence-corrected chi connectivity index (χ4v) is 0.619. The number of hydrogen-bond donors (Lipinski definition) is 1. The van der Waals surface area contributed by atoms with Crippen LogP contribution in [0.15, 0.2) is 6.07 Å². The lowest BCUT2D eigenvalue weighted by Gasteiger charge is -1.78. The number of H-pyrrole nitrogens is 1. The number of aromatic nitrogens is 2. The van der Waals surface area contributed by atoms with E-state index in [4.69, 9.17) is 11.6 Å². The summed E-state index contributed by atoms with van der Waals surface area (Å²) in [6, 6.07) is 1.77. The number of aromatic amines is 1. The lowest BCUT2D eigenvalue weighted by Crippen LogP contribution is -1.73. The van der Waals surface area contributed by atoms with E-state index in [0.29, 0.717) is 5.15 Å². The highest BCUT2D eigenvalue weighted by atomic mass is 35.5. The van der Waals surface area contributed by atoms with Crippen molar-refractivity contribution in [1.82, 2.24) is 10.2 Å². The van der Waals surface area contributed by atoms with Gasteiger partial charge in [0, 0.05) is 12.1 Å². The van der Waals surface area contributed by atoms with E-state index in [1.807, 2.05) is 13.3 Å². The molecule has 0 saturated heterocycles. The number of halogens is 1. The quantitative estimate of drug-likeness (QED) is 0.614. The van der Waals surface area contributed by atoms with Gasteiger partial charge in [0.15, 0.2) is 5.15 Å².